The highest BCUT2D eigenvalue weighted by Crippen LogP contribution is 2.27. The number of nitrogens with zero attached hydrogens (tertiary/aromatic N) is 1. The van der Waals surface area contributed by atoms with Crippen LogP contribution in [0.1, 0.15) is 19.8 Å². The van der Waals surface area contributed by atoms with E-state index < -0.39 is 0 Å². The maximum absolute atomic E-state index is 12.4. The summed E-state index contributed by atoms with van der Waals surface area (Å²) in [6.45, 7) is 3.56. The first-order chi connectivity index (χ1) is 9.22. The van der Waals surface area contributed by atoms with Gasteiger partial charge in [-0.05, 0) is 19.8 Å². The van der Waals surface area contributed by atoms with E-state index in [9.17, 15) is 9.59 Å². The Kier molecular flexibility index (Phi) is 5.88. The molecule has 2 heterocycles. The first-order valence-electron chi connectivity index (χ1n) is 6.87. The summed E-state index contributed by atoms with van der Waals surface area (Å²) in [5, 5.41) is 0.0831. The van der Waals surface area contributed by atoms with Gasteiger partial charge < -0.3 is 9.64 Å². The van der Waals surface area contributed by atoms with Crippen molar-refractivity contribution in [2.24, 2.45) is 5.92 Å². The van der Waals surface area contributed by atoms with Gasteiger partial charge in [0.1, 0.15) is 0 Å². The molecule has 2 fully saturated rings. The van der Waals surface area contributed by atoms with Gasteiger partial charge in [0, 0.05) is 30.3 Å². The lowest BCUT2D eigenvalue weighted by Crippen LogP contribution is -2.47. The quantitative estimate of drug-likeness (QED) is 0.742. The van der Waals surface area contributed by atoms with Gasteiger partial charge in [-0.1, -0.05) is 0 Å². The average molecular weight is 303 g/mol. The molecule has 19 heavy (non-hydrogen) atoms. The number of carbonyl (C=O) groups is 2. The standard InChI is InChI=1S/C13H21NO3S2/c1-2-17-13(16)10-4-3-5-14(8-10)12(15)11-9-18-6-7-19-11/h10-11H,2-9H2,1H3/t10-,11+/m0/s1. The van der Waals surface area contributed by atoms with Crippen molar-refractivity contribution in [1.82, 2.24) is 4.90 Å². The number of likely N-dealkylation sites (tertiary alicyclic amines) is 1. The molecule has 0 unspecified atom stereocenters. The summed E-state index contributed by atoms with van der Waals surface area (Å²) in [5.74, 6) is 3.04. The van der Waals surface area contributed by atoms with Gasteiger partial charge in [0.2, 0.25) is 5.91 Å². The fourth-order valence-electron chi connectivity index (χ4n) is 2.46. The Labute approximate surface area is 123 Å². The van der Waals surface area contributed by atoms with Gasteiger partial charge in [-0.3, -0.25) is 9.59 Å². The van der Waals surface area contributed by atoms with Crippen molar-refractivity contribution >= 4 is 35.4 Å². The van der Waals surface area contributed by atoms with Crippen LogP contribution in [-0.4, -0.2) is 59.0 Å². The molecule has 0 spiro atoms. The first kappa shape index (κ1) is 15.0. The normalized spacial score (nSPS) is 27.9. The Balaban J connectivity index is 1.89. The molecule has 0 radical (unpaired) electrons. The largest absolute Gasteiger partial charge is 0.466 e. The Hall–Kier alpha value is -0.360. The van der Waals surface area contributed by atoms with Gasteiger partial charge in [-0.25, -0.2) is 0 Å². The van der Waals surface area contributed by atoms with E-state index in [-0.39, 0.29) is 23.0 Å². The third kappa shape index (κ3) is 4.05. The van der Waals surface area contributed by atoms with E-state index in [1.807, 2.05) is 23.6 Å². The fourth-order valence-corrected chi connectivity index (χ4v) is 5.09. The summed E-state index contributed by atoms with van der Waals surface area (Å²) >= 11 is 3.61. The van der Waals surface area contributed by atoms with Gasteiger partial charge in [0.25, 0.3) is 0 Å². The Morgan fingerprint density at radius 1 is 1.37 bits per heavy atom. The topological polar surface area (TPSA) is 46.6 Å². The van der Waals surface area contributed by atoms with E-state index in [0.717, 1.165) is 36.6 Å². The van der Waals surface area contributed by atoms with Crippen molar-refractivity contribution in [2.45, 2.75) is 25.0 Å². The summed E-state index contributed by atoms with van der Waals surface area (Å²) in [6.07, 6.45) is 1.74. The smallest absolute Gasteiger partial charge is 0.310 e. The average Bonchev–Trinajstić information content (AvgIpc) is 2.48. The zero-order valence-corrected chi connectivity index (χ0v) is 12.9. The zero-order chi connectivity index (χ0) is 13.7. The van der Waals surface area contributed by atoms with Crippen LogP contribution in [0.2, 0.25) is 0 Å². The predicted molar refractivity (Wildman–Crippen MR) is 79.5 cm³/mol. The van der Waals surface area contributed by atoms with Gasteiger partial charge >= 0.3 is 5.97 Å². The highest BCUT2D eigenvalue weighted by atomic mass is 32.2. The minimum atomic E-state index is -0.148. The molecule has 0 aromatic rings. The minimum absolute atomic E-state index is 0.0831. The van der Waals surface area contributed by atoms with Crippen LogP contribution in [0.4, 0.5) is 0 Å². The fraction of sp³-hybridized carbons (Fsp3) is 0.846. The second-order valence-electron chi connectivity index (χ2n) is 4.81. The molecule has 0 aromatic heterocycles. The van der Waals surface area contributed by atoms with Crippen molar-refractivity contribution in [2.75, 3.05) is 37.0 Å². The van der Waals surface area contributed by atoms with E-state index in [1.54, 1.807) is 11.8 Å². The molecule has 108 valence electrons. The van der Waals surface area contributed by atoms with Crippen LogP contribution in [0.5, 0.6) is 0 Å². The zero-order valence-electron chi connectivity index (χ0n) is 11.3. The molecule has 0 N–H and O–H groups in total. The number of piperidine rings is 1. The molecule has 2 atom stereocenters. The van der Waals surface area contributed by atoms with E-state index in [2.05, 4.69) is 0 Å². The lowest BCUT2D eigenvalue weighted by Gasteiger charge is -2.34. The molecule has 6 heteroatoms. The Morgan fingerprint density at radius 3 is 2.89 bits per heavy atom. The molecule has 4 nitrogen and oxygen atoms in total. The maximum atomic E-state index is 12.4. The second kappa shape index (κ2) is 7.43. The van der Waals surface area contributed by atoms with Crippen molar-refractivity contribution in [3.8, 4) is 0 Å². The number of rotatable bonds is 3. The first-order valence-corrected chi connectivity index (χ1v) is 9.07. The number of esters is 1. The van der Waals surface area contributed by atoms with Gasteiger partial charge in [0.15, 0.2) is 0 Å². The van der Waals surface area contributed by atoms with Crippen LogP contribution < -0.4 is 0 Å². The van der Waals surface area contributed by atoms with Crippen molar-refractivity contribution in [3.05, 3.63) is 0 Å². The highest BCUT2D eigenvalue weighted by Gasteiger charge is 2.33. The monoisotopic (exact) mass is 303 g/mol. The number of carbonyl (C=O) groups excluding carboxylic acids is 2. The van der Waals surface area contributed by atoms with Crippen LogP contribution in [-0.2, 0) is 14.3 Å². The lowest BCUT2D eigenvalue weighted by molar-refractivity contribution is -0.151. The summed E-state index contributed by atoms with van der Waals surface area (Å²) < 4.78 is 5.07. The molecule has 2 rings (SSSR count). The number of thioether (sulfide) groups is 2. The molecular formula is C13H21NO3S2. The van der Waals surface area contributed by atoms with Crippen LogP contribution in [0.3, 0.4) is 0 Å². The highest BCUT2D eigenvalue weighted by molar-refractivity contribution is 8.07. The third-order valence-electron chi connectivity index (χ3n) is 3.44. The molecule has 0 aliphatic carbocycles. The molecule has 1 amide bonds. The lowest BCUT2D eigenvalue weighted by atomic mass is 9.98. The van der Waals surface area contributed by atoms with E-state index in [0.29, 0.717) is 13.2 Å². The van der Waals surface area contributed by atoms with E-state index in [1.165, 1.54) is 0 Å². The van der Waals surface area contributed by atoms with Gasteiger partial charge in [0.05, 0.1) is 17.8 Å². The summed E-state index contributed by atoms with van der Waals surface area (Å²) in [6, 6.07) is 0. The van der Waals surface area contributed by atoms with Crippen molar-refractivity contribution < 1.29 is 14.3 Å². The molecule has 0 saturated carbocycles. The third-order valence-corrected chi connectivity index (χ3v) is 6.19. The van der Waals surface area contributed by atoms with Crippen molar-refractivity contribution in [1.29, 1.82) is 0 Å². The van der Waals surface area contributed by atoms with Crippen LogP contribution in [0.25, 0.3) is 0 Å². The van der Waals surface area contributed by atoms with Crippen molar-refractivity contribution in [3.63, 3.8) is 0 Å². The van der Waals surface area contributed by atoms with Gasteiger partial charge in [-0.15, -0.1) is 11.8 Å². The SMILES string of the molecule is CCOC(=O)[C@H]1CCCN(C(=O)[C@H]2CSCCS2)C1. The molecule has 2 aliphatic rings. The molecule has 0 bridgehead atoms. The van der Waals surface area contributed by atoms with Crippen LogP contribution in [0.15, 0.2) is 0 Å². The molecular weight excluding hydrogens is 282 g/mol. The maximum Gasteiger partial charge on any atom is 0.310 e. The van der Waals surface area contributed by atoms with Crippen LogP contribution in [0, 0.1) is 5.92 Å². The number of ether oxygens (including phenoxy) is 1. The molecule has 2 saturated heterocycles. The van der Waals surface area contributed by atoms with Gasteiger partial charge in [-0.2, -0.15) is 11.8 Å². The Bertz CT molecular complexity index is 332. The summed E-state index contributed by atoms with van der Waals surface area (Å²) in [4.78, 5) is 26.1. The number of hydrogen-bond donors (Lipinski definition) is 0. The predicted octanol–water partition coefficient (Wildman–Crippen LogP) is 1.64. The number of amides is 1. The molecule has 0 aromatic carbocycles. The Morgan fingerprint density at radius 2 is 2.21 bits per heavy atom. The summed E-state index contributed by atoms with van der Waals surface area (Å²) in [7, 11) is 0. The van der Waals surface area contributed by atoms with E-state index in [4.69, 9.17) is 4.74 Å². The summed E-state index contributed by atoms with van der Waals surface area (Å²) in [5.41, 5.74) is 0. The second-order valence-corrected chi connectivity index (χ2v) is 7.27. The van der Waals surface area contributed by atoms with E-state index >= 15 is 0 Å². The minimum Gasteiger partial charge on any atom is -0.466 e. The number of hydrogen-bond acceptors (Lipinski definition) is 5. The van der Waals surface area contributed by atoms with Crippen LogP contribution >= 0.6 is 23.5 Å². The molecule has 2 aliphatic heterocycles.